The molecule has 5 heteroatoms. The van der Waals surface area contributed by atoms with Crippen LogP contribution in [-0.2, 0) is 17.9 Å². The highest BCUT2D eigenvalue weighted by Gasteiger charge is 2.34. The number of rotatable bonds is 7. The smallest absolute Gasteiger partial charge is 0.226 e. The van der Waals surface area contributed by atoms with Gasteiger partial charge in [-0.2, -0.15) is 0 Å². The first kappa shape index (κ1) is 17.9. The molecule has 0 N–H and O–H groups in total. The molecule has 134 valence electrons. The van der Waals surface area contributed by atoms with E-state index in [0.29, 0.717) is 13.2 Å². The average molecular weight is 359 g/mol. The first-order valence-corrected chi connectivity index (χ1v) is 9.75. The van der Waals surface area contributed by atoms with Crippen LogP contribution in [0.15, 0.2) is 23.6 Å². The third-order valence-electron chi connectivity index (χ3n) is 4.32. The molecular formula is C20H26N2O2S. The molecule has 0 unspecified atom stereocenters. The number of aryl methyl sites for hydroxylation is 2. The predicted molar refractivity (Wildman–Crippen MR) is 101 cm³/mol. The molecule has 0 atom stereocenters. The Bertz CT molecular complexity index is 730. The van der Waals surface area contributed by atoms with Crippen molar-refractivity contribution in [3.63, 3.8) is 0 Å². The Hall–Kier alpha value is -1.88. The third kappa shape index (κ3) is 4.82. The van der Waals surface area contributed by atoms with Crippen LogP contribution in [0.1, 0.15) is 48.5 Å². The van der Waals surface area contributed by atoms with E-state index in [1.54, 1.807) is 11.3 Å². The molecule has 1 aromatic carbocycles. The second-order valence-corrected chi connectivity index (χ2v) is 8.12. The van der Waals surface area contributed by atoms with Gasteiger partial charge in [0.05, 0.1) is 12.2 Å². The zero-order valence-corrected chi connectivity index (χ0v) is 16.2. The Balaban J connectivity index is 1.60. The van der Waals surface area contributed by atoms with Crippen molar-refractivity contribution >= 4 is 17.2 Å². The van der Waals surface area contributed by atoms with Gasteiger partial charge >= 0.3 is 0 Å². The van der Waals surface area contributed by atoms with Crippen LogP contribution in [0.2, 0.25) is 0 Å². The molecule has 3 rings (SSSR count). The fraction of sp³-hybridized carbons (Fsp3) is 0.500. The summed E-state index contributed by atoms with van der Waals surface area (Å²) in [5, 5.41) is 2.98. The molecule has 25 heavy (non-hydrogen) atoms. The van der Waals surface area contributed by atoms with E-state index in [2.05, 4.69) is 38.7 Å². The normalized spacial score (nSPS) is 14.0. The average Bonchev–Trinajstić information content (AvgIpc) is 3.29. The molecule has 1 fully saturated rings. The zero-order chi connectivity index (χ0) is 18.0. The summed E-state index contributed by atoms with van der Waals surface area (Å²) in [6.07, 6.45) is 2.07. The van der Waals surface area contributed by atoms with Crippen molar-refractivity contribution in [2.75, 3.05) is 0 Å². The monoisotopic (exact) mass is 358 g/mol. The van der Waals surface area contributed by atoms with Crippen LogP contribution in [-0.4, -0.2) is 21.8 Å². The Kier molecular flexibility index (Phi) is 5.42. The maximum absolute atomic E-state index is 12.4. The fourth-order valence-corrected chi connectivity index (χ4v) is 3.60. The number of aromatic nitrogens is 1. The third-order valence-corrected chi connectivity index (χ3v) is 5.19. The molecule has 0 aliphatic heterocycles. The van der Waals surface area contributed by atoms with Gasteiger partial charge in [0.1, 0.15) is 17.4 Å². The van der Waals surface area contributed by atoms with Gasteiger partial charge in [-0.05, 0) is 63.8 Å². The van der Waals surface area contributed by atoms with Gasteiger partial charge in [-0.25, -0.2) is 4.98 Å². The number of nitrogens with zero attached hydrogens (tertiary/aromatic N) is 2. The molecule has 1 amide bonds. The van der Waals surface area contributed by atoms with E-state index in [4.69, 9.17) is 4.74 Å². The minimum absolute atomic E-state index is 0.199. The maximum Gasteiger partial charge on any atom is 0.226 e. The van der Waals surface area contributed by atoms with Crippen LogP contribution < -0.4 is 4.74 Å². The van der Waals surface area contributed by atoms with Crippen LogP contribution >= 0.6 is 11.3 Å². The highest BCUT2D eigenvalue weighted by atomic mass is 32.1. The molecule has 0 bridgehead atoms. The summed E-state index contributed by atoms with van der Waals surface area (Å²) >= 11 is 1.59. The standard InChI is InChI=1S/C20H26N2O2S/c1-13(2)22(20(23)16-5-6-16)10-17-12-25-19(21-17)11-24-18-8-14(3)7-15(4)9-18/h7-9,12-13,16H,5-6,10-11H2,1-4H3. The lowest BCUT2D eigenvalue weighted by atomic mass is 10.1. The molecular weight excluding hydrogens is 332 g/mol. The summed E-state index contributed by atoms with van der Waals surface area (Å²) < 4.78 is 5.88. The number of hydrogen-bond donors (Lipinski definition) is 0. The van der Waals surface area contributed by atoms with Gasteiger partial charge in [-0.3, -0.25) is 4.79 Å². The minimum Gasteiger partial charge on any atom is -0.486 e. The zero-order valence-electron chi connectivity index (χ0n) is 15.4. The van der Waals surface area contributed by atoms with Crippen molar-refractivity contribution in [1.29, 1.82) is 0 Å². The molecule has 1 heterocycles. The molecule has 4 nitrogen and oxygen atoms in total. The lowest BCUT2D eigenvalue weighted by molar-refractivity contribution is -0.135. The van der Waals surface area contributed by atoms with E-state index in [-0.39, 0.29) is 17.9 Å². The number of thiazole rings is 1. The second-order valence-electron chi connectivity index (χ2n) is 7.18. The van der Waals surface area contributed by atoms with Crippen molar-refractivity contribution in [1.82, 2.24) is 9.88 Å². The summed E-state index contributed by atoms with van der Waals surface area (Å²) in [5.74, 6) is 1.39. The van der Waals surface area contributed by atoms with Crippen LogP contribution in [0.25, 0.3) is 0 Å². The quantitative estimate of drug-likeness (QED) is 0.732. The molecule has 1 saturated carbocycles. The molecule has 0 spiro atoms. The van der Waals surface area contributed by atoms with E-state index in [1.807, 2.05) is 22.4 Å². The summed E-state index contributed by atoms with van der Waals surface area (Å²) in [5.41, 5.74) is 3.34. The Morgan fingerprint density at radius 3 is 2.56 bits per heavy atom. The Morgan fingerprint density at radius 1 is 1.28 bits per heavy atom. The van der Waals surface area contributed by atoms with Gasteiger partial charge < -0.3 is 9.64 Å². The SMILES string of the molecule is Cc1cc(C)cc(OCc2nc(CN(C(=O)C3CC3)C(C)C)cs2)c1. The first-order chi connectivity index (χ1) is 11.9. The lowest BCUT2D eigenvalue weighted by Gasteiger charge is -2.26. The van der Waals surface area contributed by atoms with Gasteiger partial charge in [-0.15, -0.1) is 11.3 Å². The van der Waals surface area contributed by atoms with Crippen molar-refractivity contribution in [2.45, 2.75) is 59.7 Å². The highest BCUT2D eigenvalue weighted by Crippen LogP contribution is 2.32. The van der Waals surface area contributed by atoms with Crippen LogP contribution in [0, 0.1) is 19.8 Å². The van der Waals surface area contributed by atoms with Crippen molar-refractivity contribution in [3.05, 3.63) is 45.4 Å². The predicted octanol–water partition coefficient (Wildman–Crippen LogP) is 4.49. The van der Waals surface area contributed by atoms with Crippen LogP contribution in [0.3, 0.4) is 0 Å². The summed E-state index contributed by atoms with van der Waals surface area (Å²) in [4.78, 5) is 19.0. The largest absolute Gasteiger partial charge is 0.486 e. The lowest BCUT2D eigenvalue weighted by Crippen LogP contribution is -2.37. The summed E-state index contributed by atoms with van der Waals surface area (Å²) in [6, 6.07) is 6.41. The van der Waals surface area contributed by atoms with Crippen LogP contribution in [0.5, 0.6) is 5.75 Å². The van der Waals surface area contributed by atoms with Crippen molar-refractivity contribution in [2.24, 2.45) is 5.92 Å². The second kappa shape index (κ2) is 7.56. The van der Waals surface area contributed by atoms with E-state index in [1.165, 1.54) is 11.1 Å². The topological polar surface area (TPSA) is 42.4 Å². The van der Waals surface area contributed by atoms with Gasteiger partial charge in [0, 0.05) is 17.3 Å². The number of ether oxygens (including phenoxy) is 1. The van der Waals surface area contributed by atoms with E-state index in [9.17, 15) is 4.79 Å². The van der Waals surface area contributed by atoms with Gasteiger partial charge in [0.15, 0.2) is 0 Å². The number of benzene rings is 1. The van der Waals surface area contributed by atoms with Gasteiger partial charge in [0.25, 0.3) is 0 Å². The van der Waals surface area contributed by atoms with E-state index in [0.717, 1.165) is 29.3 Å². The first-order valence-electron chi connectivity index (χ1n) is 8.87. The summed E-state index contributed by atoms with van der Waals surface area (Å²) in [6.45, 7) is 9.32. The molecule has 0 radical (unpaired) electrons. The number of carbonyl (C=O) groups is 1. The maximum atomic E-state index is 12.4. The van der Waals surface area contributed by atoms with E-state index >= 15 is 0 Å². The molecule has 1 aliphatic carbocycles. The van der Waals surface area contributed by atoms with Gasteiger partial charge in [0.2, 0.25) is 5.91 Å². The molecule has 2 aromatic rings. The highest BCUT2D eigenvalue weighted by molar-refractivity contribution is 7.09. The molecule has 1 aromatic heterocycles. The Labute approximate surface area is 153 Å². The molecule has 0 saturated heterocycles. The van der Waals surface area contributed by atoms with Crippen LogP contribution in [0.4, 0.5) is 0 Å². The number of amides is 1. The van der Waals surface area contributed by atoms with Crippen molar-refractivity contribution < 1.29 is 9.53 Å². The number of carbonyl (C=O) groups excluding carboxylic acids is 1. The molecule has 1 aliphatic rings. The van der Waals surface area contributed by atoms with E-state index < -0.39 is 0 Å². The number of hydrogen-bond acceptors (Lipinski definition) is 4. The fourth-order valence-electron chi connectivity index (χ4n) is 2.90. The summed E-state index contributed by atoms with van der Waals surface area (Å²) in [7, 11) is 0. The van der Waals surface area contributed by atoms with Gasteiger partial charge in [-0.1, -0.05) is 6.07 Å². The Morgan fingerprint density at radius 2 is 1.96 bits per heavy atom. The minimum atomic E-state index is 0.199. The van der Waals surface area contributed by atoms with Crippen molar-refractivity contribution in [3.8, 4) is 5.75 Å².